The number of fused-ring (bicyclic) bond motifs is 1. The van der Waals surface area contributed by atoms with Crippen molar-refractivity contribution in [1.82, 2.24) is 4.98 Å². The first-order chi connectivity index (χ1) is 7.85. The summed E-state index contributed by atoms with van der Waals surface area (Å²) in [5, 5.41) is 1.22. The summed E-state index contributed by atoms with van der Waals surface area (Å²) < 4.78 is 0. The molecule has 0 amide bonds. The van der Waals surface area contributed by atoms with Gasteiger partial charge in [0.25, 0.3) is 0 Å². The molecule has 0 aliphatic rings. The van der Waals surface area contributed by atoms with Crippen LogP contribution in [0.15, 0.2) is 36.5 Å². The van der Waals surface area contributed by atoms with Crippen molar-refractivity contribution < 1.29 is 0 Å². The van der Waals surface area contributed by atoms with Crippen LogP contribution in [0.1, 0.15) is 20.3 Å². The normalized spacial score (nSPS) is 10.6. The van der Waals surface area contributed by atoms with Crippen molar-refractivity contribution in [2.45, 2.75) is 20.3 Å². The first kappa shape index (κ1) is 10.9. The largest absolute Gasteiger partial charge is 0.371 e. The number of rotatable bonds is 4. The van der Waals surface area contributed by atoms with E-state index in [1.165, 1.54) is 17.5 Å². The minimum atomic E-state index is 1.04. The Morgan fingerprint density at radius 2 is 2.00 bits per heavy atom. The summed E-state index contributed by atoms with van der Waals surface area (Å²) >= 11 is 0. The summed E-state index contributed by atoms with van der Waals surface area (Å²) in [5.41, 5.74) is 2.29. The van der Waals surface area contributed by atoms with Gasteiger partial charge in [-0.15, -0.1) is 0 Å². The minimum absolute atomic E-state index is 1.04. The number of pyridine rings is 1. The van der Waals surface area contributed by atoms with Crippen LogP contribution >= 0.6 is 0 Å². The molecular formula is C14H18N2. The molecule has 0 radical (unpaired) electrons. The highest BCUT2D eigenvalue weighted by molar-refractivity contribution is 5.81. The minimum Gasteiger partial charge on any atom is -0.371 e. The third kappa shape index (κ3) is 2.16. The van der Waals surface area contributed by atoms with Crippen LogP contribution in [0.3, 0.4) is 0 Å². The van der Waals surface area contributed by atoms with Crippen molar-refractivity contribution in [2.24, 2.45) is 0 Å². The number of para-hydroxylation sites is 1. The summed E-state index contributed by atoms with van der Waals surface area (Å²) in [7, 11) is 0. The topological polar surface area (TPSA) is 16.1 Å². The zero-order valence-electron chi connectivity index (χ0n) is 9.98. The molecule has 0 atom stereocenters. The third-order valence-electron chi connectivity index (χ3n) is 2.82. The first-order valence-corrected chi connectivity index (χ1v) is 5.95. The number of nitrogens with zero attached hydrogens (tertiary/aromatic N) is 2. The van der Waals surface area contributed by atoms with E-state index < -0.39 is 0 Å². The zero-order chi connectivity index (χ0) is 11.4. The molecule has 2 nitrogen and oxygen atoms in total. The van der Waals surface area contributed by atoms with Crippen molar-refractivity contribution in [1.29, 1.82) is 0 Å². The number of hydrogen-bond donors (Lipinski definition) is 0. The molecule has 16 heavy (non-hydrogen) atoms. The van der Waals surface area contributed by atoms with E-state index in [4.69, 9.17) is 0 Å². The van der Waals surface area contributed by atoms with E-state index >= 15 is 0 Å². The van der Waals surface area contributed by atoms with Gasteiger partial charge < -0.3 is 4.90 Å². The molecule has 0 aliphatic heterocycles. The Kier molecular flexibility index (Phi) is 3.40. The fourth-order valence-corrected chi connectivity index (χ4v) is 1.97. The van der Waals surface area contributed by atoms with E-state index in [2.05, 4.69) is 48.0 Å². The van der Waals surface area contributed by atoms with Gasteiger partial charge in [0.15, 0.2) is 0 Å². The molecule has 2 aromatic rings. The summed E-state index contributed by atoms with van der Waals surface area (Å²) in [6, 6.07) is 10.5. The third-order valence-corrected chi connectivity index (χ3v) is 2.82. The average molecular weight is 214 g/mol. The molecule has 84 valence electrons. The van der Waals surface area contributed by atoms with Crippen LogP contribution in [0.25, 0.3) is 10.9 Å². The van der Waals surface area contributed by atoms with Gasteiger partial charge in [0.1, 0.15) is 0 Å². The van der Waals surface area contributed by atoms with Crippen LogP contribution < -0.4 is 4.90 Å². The quantitative estimate of drug-likeness (QED) is 0.774. The van der Waals surface area contributed by atoms with E-state index in [-0.39, 0.29) is 0 Å². The van der Waals surface area contributed by atoms with E-state index in [0.717, 1.165) is 18.6 Å². The monoisotopic (exact) mass is 214 g/mol. The molecule has 0 saturated carbocycles. The summed E-state index contributed by atoms with van der Waals surface area (Å²) in [5.74, 6) is 0. The Balaban J connectivity index is 2.37. The number of benzene rings is 1. The predicted octanol–water partition coefficient (Wildman–Crippen LogP) is 3.47. The smallest absolute Gasteiger partial charge is 0.0703 e. The number of aromatic nitrogens is 1. The maximum atomic E-state index is 4.49. The lowest BCUT2D eigenvalue weighted by molar-refractivity contribution is 0.790. The van der Waals surface area contributed by atoms with Crippen LogP contribution in [0, 0.1) is 0 Å². The van der Waals surface area contributed by atoms with Crippen LogP contribution in [-0.2, 0) is 0 Å². The molecule has 0 spiro atoms. The molecular weight excluding hydrogens is 196 g/mol. The van der Waals surface area contributed by atoms with Gasteiger partial charge >= 0.3 is 0 Å². The summed E-state index contributed by atoms with van der Waals surface area (Å²) in [6.07, 6.45) is 3.14. The van der Waals surface area contributed by atoms with E-state index in [0.29, 0.717) is 0 Å². The van der Waals surface area contributed by atoms with E-state index in [1.807, 2.05) is 12.3 Å². The second kappa shape index (κ2) is 4.97. The van der Waals surface area contributed by atoms with Crippen LogP contribution in [0.2, 0.25) is 0 Å². The van der Waals surface area contributed by atoms with Crippen LogP contribution in [0.5, 0.6) is 0 Å². The van der Waals surface area contributed by atoms with E-state index in [9.17, 15) is 0 Å². The second-order valence-corrected chi connectivity index (χ2v) is 3.97. The Hall–Kier alpha value is -1.57. The van der Waals surface area contributed by atoms with Crippen molar-refractivity contribution in [3.8, 4) is 0 Å². The molecule has 0 aliphatic carbocycles. The van der Waals surface area contributed by atoms with Gasteiger partial charge in [0.2, 0.25) is 0 Å². The van der Waals surface area contributed by atoms with Crippen molar-refractivity contribution >= 4 is 16.6 Å². The van der Waals surface area contributed by atoms with Crippen molar-refractivity contribution in [3.63, 3.8) is 0 Å². The van der Waals surface area contributed by atoms with Gasteiger partial charge in [0, 0.05) is 18.5 Å². The Bertz CT molecular complexity index is 465. The van der Waals surface area contributed by atoms with Gasteiger partial charge in [-0.25, -0.2) is 0 Å². The highest BCUT2D eigenvalue weighted by atomic mass is 15.1. The Morgan fingerprint density at radius 3 is 2.75 bits per heavy atom. The maximum Gasteiger partial charge on any atom is 0.0703 e. The first-order valence-electron chi connectivity index (χ1n) is 5.95. The van der Waals surface area contributed by atoms with Gasteiger partial charge in [-0.05, 0) is 25.5 Å². The standard InChI is InChI=1S/C14H18N2/c1-3-9-16(4-2)13-10-12-7-5-6-8-14(12)15-11-13/h5-8,10-11H,3-4,9H2,1-2H3. The van der Waals surface area contributed by atoms with Gasteiger partial charge in [-0.3, -0.25) is 4.98 Å². The zero-order valence-corrected chi connectivity index (χ0v) is 9.98. The molecule has 2 rings (SSSR count). The SMILES string of the molecule is CCCN(CC)c1cnc2ccccc2c1. The second-order valence-electron chi connectivity index (χ2n) is 3.97. The molecule has 0 bridgehead atoms. The maximum absolute atomic E-state index is 4.49. The fraction of sp³-hybridized carbons (Fsp3) is 0.357. The lowest BCUT2D eigenvalue weighted by Gasteiger charge is -2.22. The van der Waals surface area contributed by atoms with E-state index in [1.54, 1.807) is 0 Å². The summed E-state index contributed by atoms with van der Waals surface area (Å²) in [4.78, 5) is 6.85. The van der Waals surface area contributed by atoms with Gasteiger partial charge in [-0.2, -0.15) is 0 Å². The molecule has 2 heteroatoms. The average Bonchev–Trinajstić information content (AvgIpc) is 2.35. The fourth-order valence-electron chi connectivity index (χ4n) is 1.97. The number of hydrogen-bond acceptors (Lipinski definition) is 2. The predicted molar refractivity (Wildman–Crippen MR) is 69.9 cm³/mol. The molecule has 1 aromatic heterocycles. The molecule has 1 aromatic carbocycles. The van der Waals surface area contributed by atoms with Gasteiger partial charge in [-0.1, -0.05) is 25.1 Å². The number of anilines is 1. The highest BCUT2D eigenvalue weighted by Crippen LogP contribution is 2.19. The van der Waals surface area contributed by atoms with Crippen LogP contribution in [-0.4, -0.2) is 18.1 Å². The molecule has 0 saturated heterocycles. The lowest BCUT2D eigenvalue weighted by atomic mass is 10.2. The van der Waals surface area contributed by atoms with Crippen molar-refractivity contribution in [2.75, 3.05) is 18.0 Å². The molecule has 0 fully saturated rings. The lowest BCUT2D eigenvalue weighted by Crippen LogP contribution is -2.23. The Morgan fingerprint density at radius 1 is 1.19 bits per heavy atom. The van der Waals surface area contributed by atoms with Crippen molar-refractivity contribution in [3.05, 3.63) is 36.5 Å². The molecule has 0 unspecified atom stereocenters. The Labute approximate surface area is 96.9 Å². The highest BCUT2D eigenvalue weighted by Gasteiger charge is 2.04. The molecule has 1 heterocycles. The van der Waals surface area contributed by atoms with Gasteiger partial charge in [0.05, 0.1) is 17.4 Å². The summed E-state index contributed by atoms with van der Waals surface area (Å²) in [6.45, 7) is 6.52. The molecule has 0 N–H and O–H groups in total. The van der Waals surface area contributed by atoms with Crippen LogP contribution in [0.4, 0.5) is 5.69 Å².